The van der Waals surface area contributed by atoms with Gasteiger partial charge in [0.25, 0.3) is 0 Å². The predicted octanol–water partition coefficient (Wildman–Crippen LogP) is 4.17. The average molecular weight is 423 g/mol. The van der Waals surface area contributed by atoms with Gasteiger partial charge >= 0.3 is 0 Å². The van der Waals surface area contributed by atoms with E-state index in [9.17, 15) is 4.39 Å². The Labute approximate surface area is 177 Å². The van der Waals surface area contributed by atoms with Crippen molar-refractivity contribution in [3.63, 3.8) is 0 Å². The summed E-state index contributed by atoms with van der Waals surface area (Å²) in [4.78, 5) is 17.1. The van der Waals surface area contributed by atoms with Crippen molar-refractivity contribution in [2.24, 2.45) is 0 Å². The molecule has 6 rings (SSSR count). The van der Waals surface area contributed by atoms with Gasteiger partial charge in [0.05, 0.1) is 11.4 Å². The van der Waals surface area contributed by atoms with Crippen molar-refractivity contribution in [2.75, 3.05) is 11.9 Å². The lowest BCUT2D eigenvalue weighted by molar-refractivity contribution is 0.354. The molecule has 6 nitrogen and oxygen atoms in total. The largest absolute Gasteiger partial charge is 0.348 e. The summed E-state index contributed by atoms with van der Waals surface area (Å²) in [6, 6.07) is 7.22. The number of nitrogens with one attached hydrogen (secondary N) is 1. The van der Waals surface area contributed by atoms with Gasteiger partial charge in [-0.3, -0.25) is 0 Å². The summed E-state index contributed by atoms with van der Waals surface area (Å²) >= 11 is 1.61. The molecule has 8 heteroatoms. The van der Waals surface area contributed by atoms with Crippen LogP contribution in [0.3, 0.4) is 0 Å². The standard InChI is InChI=1S/C22H23FN6S/c1-12-10-29-11-13(7-17(23)20(29)24-12)18-5-6-19-21(26-18)30-22(27-19)28(2)16-8-14-3-4-15(9-16)25-14/h5-7,10-11,14-16,25H,3-4,8-9H2,1-2H3/t14-,15+,16?. The van der Waals surface area contributed by atoms with Crippen LogP contribution in [0.15, 0.2) is 30.6 Å². The Morgan fingerprint density at radius 2 is 1.93 bits per heavy atom. The lowest BCUT2D eigenvalue weighted by Crippen LogP contribution is -2.47. The Morgan fingerprint density at radius 3 is 2.73 bits per heavy atom. The molecule has 2 bridgehead atoms. The van der Waals surface area contributed by atoms with Gasteiger partial charge in [-0.2, -0.15) is 0 Å². The van der Waals surface area contributed by atoms with Crippen LogP contribution in [0, 0.1) is 12.7 Å². The number of aryl methyl sites for hydroxylation is 1. The fourth-order valence-electron chi connectivity index (χ4n) is 4.94. The molecule has 2 aliphatic rings. The highest BCUT2D eigenvalue weighted by Crippen LogP contribution is 2.35. The van der Waals surface area contributed by atoms with Crippen molar-refractivity contribution in [2.45, 2.75) is 50.7 Å². The number of imidazole rings is 1. The minimum Gasteiger partial charge on any atom is -0.348 e. The fraction of sp³-hybridized carbons (Fsp3) is 0.409. The van der Waals surface area contributed by atoms with Crippen LogP contribution in [0.25, 0.3) is 27.3 Å². The fourth-order valence-corrected chi connectivity index (χ4v) is 5.91. The van der Waals surface area contributed by atoms with Gasteiger partial charge in [-0.1, -0.05) is 11.3 Å². The molecule has 0 aliphatic carbocycles. The first-order valence-electron chi connectivity index (χ1n) is 10.5. The molecule has 30 heavy (non-hydrogen) atoms. The van der Waals surface area contributed by atoms with Gasteiger partial charge in [0.1, 0.15) is 10.3 Å². The summed E-state index contributed by atoms with van der Waals surface area (Å²) in [5.74, 6) is -0.340. The third-order valence-electron chi connectivity index (χ3n) is 6.46. The van der Waals surface area contributed by atoms with Crippen LogP contribution in [0.2, 0.25) is 0 Å². The first-order valence-corrected chi connectivity index (χ1v) is 11.3. The molecule has 0 radical (unpaired) electrons. The minimum absolute atomic E-state index is 0.340. The maximum atomic E-state index is 14.5. The summed E-state index contributed by atoms with van der Waals surface area (Å²) in [5, 5.41) is 4.71. The molecule has 1 N–H and O–H groups in total. The van der Waals surface area contributed by atoms with Gasteiger partial charge in [-0.05, 0) is 50.8 Å². The Morgan fingerprint density at radius 1 is 1.13 bits per heavy atom. The Balaban J connectivity index is 1.33. The van der Waals surface area contributed by atoms with Gasteiger partial charge in [0.2, 0.25) is 0 Å². The lowest BCUT2D eigenvalue weighted by atomic mass is 9.99. The molecule has 154 valence electrons. The van der Waals surface area contributed by atoms with E-state index in [1.165, 1.54) is 31.7 Å². The van der Waals surface area contributed by atoms with Crippen molar-refractivity contribution in [3.8, 4) is 11.3 Å². The zero-order valence-electron chi connectivity index (χ0n) is 17.0. The zero-order valence-corrected chi connectivity index (χ0v) is 17.8. The molecule has 6 heterocycles. The first kappa shape index (κ1) is 18.2. The molecule has 1 unspecified atom stereocenters. The molecular formula is C22H23FN6S. The molecule has 0 spiro atoms. The van der Waals surface area contributed by atoms with E-state index in [-0.39, 0.29) is 5.82 Å². The molecule has 0 amide bonds. The summed E-state index contributed by atoms with van der Waals surface area (Å²) in [6.07, 6.45) is 8.63. The molecule has 0 aromatic carbocycles. The number of thiazole rings is 1. The maximum Gasteiger partial charge on any atom is 0.187 e. The van der Waals surface area contributed by atoms with Crippen molar-refractivity contribution in [1.29, 1.82) is 0 Å². The molecule has 2 saturated heterocycles. The van der Waals surface area contributed by atoms with Gasteiger partial charge < -0.3 is 14.6 Å². The smallest absolute Gasteiger partial charge is 0.187 e. The molecule has 3 atom stereocenters. The first-order chi connectivity index (χ1) is 14.5. The van der Waals surface area contributed by atoms with Crippen LogP contribution < -0.4 is 10.2 Å². The van der Waals surface area contributed by atoms with Gasteiger partial charge in [0.15, 0.2) is 16.6 Å². The summed E-state index contributed by atoms with van der Waals surface area (Å²) < 4.78 is 16.2. The average Bonchev–Trinajstić information content (AvgIpc) is 3.42. The second-order valence-corrected chi connectivity index (χ2v) is 9.54. The van der Waals surface area contributed by atoms with Crippen molar-refractivity contribution in [1.82, 2.24) is 24.7 Å². The van der Waals surface area contributed by atoms with Crippen molar-refractivity contribution < 1.29 is 4.39 Å². The zero-order chi connectivity index (χ0) is 20.4. The maximum absolute atomic E-state index is 14.5. The SMILES string of the molecule is Cc1cn2cc(-c3ccc4nc(N(C)C5C[C@H]6CC[C@@H](C5)N6)sc4n3)cc(F)c2n1. The van der Waals surface area contributed by atoms with E-state index >= 15 is 0 Å². The second-order valence-electron chi connectivity index (χ2n) is 8.58. The number of fused-ring (bicyclic) bond motifs is 4. The Hall–Kier alpha value is -2.58. The van der Waals surface area contributed by atoms with Crippen LogP contribution in [0.5, 0.6) is 0 Å². The normalized spacial score (nSPS) is 23.5. The highest BCUT2D eigenvalue weighted by molar-refractivity contribution is 7.21. The monoisotopic (exact) mass is 422 g/mol. The number of piperidine rings is 1. The van der Waals surface area contributed by atoms with Crippen LogP contribution in [-0.4, -0.2) is 44.5 Å². The molecular weight excluding hydrogens is 399 g/mol. The van der Waals surface area contributed by atoms with Gasteiger partial charge in [0, 0.05) is 43.1 Å². The highest BCUT2D eigenvalue weighted by atomic mass is 32.1. The number of aromatic nitrogens is 4. The molecule has 2 fully saturated rings. The Kier molecular flexibility index (Phi) is 4.08. The van der Waals surface area contributed by atoms with Crippen molar-refractivity contribution in [3.05, 3.63) is 42.1 Å². The summed E-state index contributed by atoms with van der Waals surface area (Å²) in [6.45, 7) is 1.86. The number of halogens is 1. The van der Waals surface area contributed by atoms with Gasteiger partial charge in [-0.15, -0.1) is 0 Å². The minimum atomic E-state index is -0.340. The van der Waals surface area contributed by atoms with Crippen LogP contribution in [0.1, 0.15) is 31.4 Å². The van der Waals surface area contributed by atoms with Crippen molar-refractivity contribution >= 4 is 32.5 Å². The van der Waals surface area contributed by atoms with Crippen LogP contribution >= 0.6 is 11.3 Å². The third-order valence-corrected chi connectivity index (χ3v) is 7.52. The number of nitrogens with zero attached hydrogens (tertiary/aromatic N) is 5. The predicted molar refractivity (Wildman–Crippen MR) is 118 cm³/mol. The number of hydrogen-bond donors (Lipinski definition) is 1. The van der Waals surface area contributed by atoms with E-state index in [2.05, 4.69) is 22.2 Å². The quantitative estimate of drug-likeness (QED) is 0.537. The number of anilines is 1. The van der Waals surface area contributed by atoms with E-state index in [0.29, 0.717) is 23.8 Å². The van der Waals surface area contributed by atoms with Crippen LogP contribution in [-0.2, 0) is 0 Å². The van der Waals surface area contributed by atoms with E-state index in [4.69, 9.17) is 9.97 Å². The Bertz CT molecular complexity index is 1250. The highest BCUT2D eigenvalue weighted by Gasteiger charge is 2.35. The van der Waals surface area contributed by atoms with Gasteiger partial charge in [-0.25, -0.2) is 19.3 Å². The third kappa shape index (κ3) is 2.97. The van der Waals surface area contributed by atoms with E-state index in [1.54, 1.807) is 15.7 Å². The molecule has 4 aromatic rings. The van der Waals surface area contributed by atoms with Crippen LogP contribution in [0.4, 0.5) is 9.52 Å². The van der Waals surface area contributed by atoms with E-state index in [0.717, 1.165) is 32.4 Å². The van der Waals surface area contributed by atoms with E-state index in [1.807, 2.05) is 31.5 Å². The summed E-state index contributed by atoms with van der Waals surface area (Å²) in [7, 11) is 2.15. The molecule has 2 aliphatic heterocycles. The molecule has 0 saturated carbocycles. The van der Waals surface area contributed by atoms with E-state index < -0.39 is 0 Å². The summed E-state index contributed by atoms with van der Waals surface area (Å²) in [5.41, 5.74) is 3.50. The second kappa shape index (κ2) is 6.72. The number of hydrogen-bond acceptors (Lipinski definition) is 6. The number of rotatable bonds is 3. The number of pyridine rings is 2. The topological polar surface area (TPSA) is 58.4 Å². The molecule has 4 aromatic heterocycles. The lowest BCUT2D eigenvalue weighted by Gasteiger charge is -2.35.